The molecule has 0 saturated heterocycles. The minimum atomic E-state index is -3.43. The fraction of sp³-hybridized carbons (Fsp3) is 0.435. The molecule has 36 heavy (non-hydrogen) atoms. The Morgan fingerprint density at radius 1 is 1.33 bits per heavy atom. The van der Waals surface area contributed by atoms with E-state index in [1.54, 1.807) is 0 Å². The van der Waals surface area contributed by atoms with Crippen molar-refractivity contribution in [1.29, 1.82) is 5.26 Å². The Morgan fingerprint density at radius 2 is 2.03 bits per heavy atom. The number of halogens is 4. The Hall–Kier alpha value is -3.04. The second-order valence-electron chi connectivity index (χ2n) is 9.46. The fourth-order valence-electron chi connectivity index (χ4n) is 4.46. The molecular weight excluding hydrogens is 517 g/mol. The predicted octanol–water partition coefficient (Wildman–Crippen LogP) is 3.81. The standard InChI is InChI=1S/C23H22ClF3N6O2S/c1-21(2)20(29)33-22(3,17-8-23(26,27)11-31-36(17,21)35)19-15(25)5-4-13(32-19)7-16(34)18-14(24)6-12(9-28)10-30-18/h4-6,10,17H,7-8,11H2,1-3H3,(H2,29,33)/t17-,22+,36-/m1/s1. The topological polar surface area (TPSA) is 134 Å². The largest absolute Gasteiger partial charge is 0.386 e. The van der Waals surface area contributed by atoms with E-state index in [-0.39, 0.29) is 39.9 Å². The van der Waals surface area contributed by atoms with Crippen molar-refractivity contribution in [2.45, 2.75) is 55.1 Å². The van der Waals surface area contributed by atoms with Crippen LogP contribution in [-0.4, -0.2) is 48.3 Å². The molecule has 2 N–H and O–H groups in total. The van der Waals surface area contributed by atoms with Crippen molar-refractivity contribution in [1.82, 2.24) is 9.97 Å². The smallest absolute Gasteiger partial charge is 0.269 e. The molecule has 13 heteroatoms. The molecule has 0 aliphatic carbocycles. The second-order valence-corrected chi connectivity index (χ2v) is 12.9. The molecule has 0 bridgehead atoms. The highest BCUT2D eigenvalue weighted by atomic mass is 35.5. The van der Waals surface area contributed by atoms with Crippen LogP contribution in [0, 0.1) is 17.1 Å². The Morgan fingerprint density at radius 3 is 2.67 bits per heavy atom. The van der Waals surface area contributed by atoms with E-state index in [1.165, 1.54) is 39.1 Å². The van der Waals surface area contributed by atoms with Crippen molar-refractivity contribution in [2.75, 3.05) is 6.54 Å². The summed E-state index contributed by atoms with van der Waals surface area (Å²) in [5.41, 5.74) is 4.09. The lowest BCUT2D eigenvalue weighted by Crippen LogP contribution is -2.62. The van der Waals surface area contributed by atoms with Crippen LogP contribution < -0.4 is 5.73 Å². The number of alkyl halides is 2. The van der Waals surface area contributed by atoms with Crippen LogP contribution in [0.2, 0.25) is 5.02 Å². The number of carbonyl (C=O) groups is 1. The van der Waals surface area contributed by atoms with E-state index < -0.39 is 55.8 Å². The summed E-state index contributed by atoms with van der Waals surface area (Å²) in [4.78, 5) is 25.4. The summed E-state index contributed by atoms with van der Waals surface area (Å²) in [6.45, 7) is 3.45. The molecule has 4 heterocycles. The molecule has 8 nitrogen and oxygen atoms in total. The van der Waals surface area contributed by atoms with Gasteiger partial charge in [-0.05, 0) is 39.0 Å². The van der Waals surface area contributed by atoms with E-state index in [1.807, 2.05) is 6.07 Å². The van der Waals surface area contributed by atoms with E-state index in [0.717, 1.165) is 6.07 Å². The van der Waals surface area contributed by atoms with Gasteiger partial charge in [-0.25, -0.2) is 21.7 Å². The third-order valence-corrected chi connectivity index (χ3v) is 10.5. The number of nitrogens with two attached hydrogens (primary N) is 1. The Balaban J connectivity index is 1.80. The monoisotopic (exact) mass is 538 g/mol. The first-order chi connectivity index (χ1) is 16.6. The van der Waals surface area contributed by atoms with Crippen molar-refractivity contribution < 1.29 is 22.2 Å². The highest BCUT2D eigenvalue weighted by Crippen LogP contribution is 2.49. The van der Waals surface area contributed by atoms with Crippen molar-refractivity contribution in [3.05, 3.63) is 57.9 Å². The minimum Gasteiger partial charge on any atom is -0.386 e. The molecule has 0 radical (unpaired) electrons. The highest BCUT2D eigenvalue weighted by molar-refractivity contribution is 7.96. The first-order valence-electron chi connectivity index (χ1n) is 10.8. The van der Waals surface area contributed by atoms with Gasteiger partial charge < -0.3 is 5.73 Å². The summed E-state index contributed by atoms with van der Waals surface area (Å²) >= 11 is 6.07. The maximum absolute atomic E-state index is 15.2. The van der Waals surface area contributed by atoms with Gasteiger partial charge in [0.25, 0.3) is 5.92 Å². The summed E-state index contributed by atoms with van der Waals surface area (Å²) < 4.78 is 60.8. The maximum atomic E-state index is 15.2. The van der Waals surface area contributed by atoms with Gasteiger partial charge in [-0.2, -0.15) is 5.26 Å². The Kier molecular flexibility index (Phi) is 6.16. The number of fused-ring (bicyclic) bond motifs is 1. The van der Waals surface area contributed by atoms with Gasteiger partial charge in [-0.3, -0.25) is 19.8 Å². The maximum Gasteiger partial charge on any atom is 0.269 e. The zero-order chi connectivity index (χ0) is 26.7. The first kappa shape index (κ1) is 26.0. The van der Waals surface area contributed by atoms with Gasteiger partial charge in [0.1, 0.15) is 45.9 Å². The van der Waals surface area contributed by atoms with Gasteiger partial charge in [0, 0.05) is 18.3 Å². The SMILES string of the molecule is CC1(C)C(N)=N[C@](C)(c2nc(CC(=O)c3ncc(C#N)cc3Cl)ccc2F)[C@H]2CC(F)(F)CN=[S@@]21=O. The lowest BCUT2D eigenvalue weighted by molar-refractivity contribution is -0.00687. The quantitative estimate of drug-likeness (QED) is 0.588. The van der Waals surface area contributed by atoms with E-state index in [0.29, 0.717) is 0 Å². The summed E-state index contributed by atoms with van der Waals surface area (Å²) in [6, 6.07) is 5.44. The average molecular weight is 539 g/mol. The molecule has 2 aliphatic rings. The third kappa shape index (κ3) is 4.04. The van der Waals surface area contributed by atoms with E-state index in [2.05, 4.69) is 19.3 Å². The zero-order valence-corrected chi connectivity index (χ0v) is 21.1. The normalized spacial score (nSPS) is 28.3. The molecule has 3 atom stereocenters. The van der Waals surface area contributed by atoms with Crippen LogP contribution in [0.4, 0.5) is 13.2 Å². The molecule has 4 rings (SSSR count). The van der Waals surface area contributed by atoms with Gasteiger partial charge in [-0.1, -0.05) is 11.6 Å². The molecule has 0 saturated carbocycles. The van der Waals surface area contributed by atoms with E-state index >= 15 is 4.39 Å². The number of Topliss-reactive ketones (excluding diaryl/α,β-unsaturated/α-hetero) is 1. The van der Waals surface area contributed by atoms with Crippen LogP contribution in [0.25, 0.3) is 0 Å². The highest BCUT2D eigenvalue weighted by Gasteiger charge is 2.60. The predicted molar refractivity (Wildman–Crippen MR) is 128 cm³/mol. The number of nitriles is 1. The van der Waals surface area contributed by atoms with Crippen LogP contribution in [0.1, 0.15) is 54.6 Å². The van der Waals surface area contributed by atoms with Crippen molar-refractivity contribution in [3.8, 4) is 6.07 Å². The number of carbonyl (C=O) groups excluding carboxylic acids is 1. The zero-order valence-electron chi connectivity index (χ0n) is 19.6. The minimum absolute atomic E-state index is 0.0361. The van der Waals surface area contributed by atoms with Crippen molar-refractivity contribution >= 4 is 32.9 Å². The number of pyridine rings is 2. The fourth-order valence-corrected chi connectivity index (χ4v) is 7.92. The second kappa shape index (κ2) is 8.52. The summed E-state index contributed by atoms with van der Waals surface area (Å²) in [5.74, 6) is -4.82. The van der Waals surface area contributed by atoms with Crippen molar-refractivity contribution in [3.63, 3.8) is 0 Å². The van der Waals surface area contributed by atoms with Gasteiger partial charge >= 0.3 is 0 Å². The molecule has 2 aliphatic heterocycles. The van der Waals surface area contributed by atoms with Gasteiger partial charge in [0.05, 0.1) is 32.0 Å². The van der Waals surface area contributed by atoms with Gasteiger partial charge in [0.15, 0.2) is 5.78 Å². The number of ketones is 1. The Bertz CT molecular complexity index is 1480. The first-order valence-corrected chi connectivity index (χ1v) is 12.8. The van der Waals surface area contributed by atoms with Crippen LogP contribution in [-0.2, 0) is 21.7 Å². The molecule has 190 valence electrons. The lowest BCUT2D eigenvalue weighted by Gasteiger charge is -2.48. The Labute approximate surface area is 211 Å². The molecule has 2 aromatic heterocycles. The van der Waals surface area contributed by atoms with Crippen molar-refractivity contribution in [2.24, 2.45) is 15.1 Å². The third-order valence-electron chi connectivity index (χ3n) is 6.64. The number of nitrogens with zero attached hydrogens (tertiary/aromatic N) is 5. The number of aromatic nitrogens is 2. The number of amidine groups is 1. The lowest BCUT2D eigenvalue weighted by atomic mass is 9.87. The number of rotatable bonds is 4. The molecule has 2 aromatic rings. The molecule has 0 spiro atoms. The van der Waals surface area contributed by atoms with Crippen LogP contribution in [0.3, 0.4) is 0 Å². The molecule has 0 fully saturated rings. The van der Waals surface area contributed by atoms with E-state index in [4.69, 9.17) is 22.6 Å². The summed E-state index contributed by atoms with van der Waals surface area (Å²) in [6.07, 6.45) is -0.0113. The van der Waals surface area contributed by atoms with E-state index in [9.17, 15) is 17.8 Å². The average Bonchev–Trinajstić information content (AvgIpc) is 2.80. The van der Waals surface area contributed by atoms with Crippen LogP contribution in [0.5, 0.6) is 0 Å². The van der Waals surface area contributed by atoms with Gasteiger partial charge in [0.2, 0.25) is 0 Å². The summed E-state index contributed by atoms with van der Waals surface area (Å²) in [7, 11) is -3.43. The molecule has 0 amide bonds. The summed E-state index contributed by atoms with van der Waals surface area (Å²) in [5, 5.41) is 7.52. The molecular formula is C23H22ClF3N6O2S. The van der Waals surface area contributed by atoms with Gasteiger partial charge in [-0.15, -0.1) is 0 Å². The number of hydrogen-bond donors (Lipinski definition) is 1. The molecule has 0 aromatic carbocycles. The molecule has 0 unspecified atom stereocenters. The number of hydrogen-bond acceptors (Lipinski definition) is 8. The van der Waals surface area contributed by atoms with Crippen LogP contribution in [0.15, 0.2) is 33.8 Å². The number of aliphatic imine (C=N–C) groups is 1. The van der Waals surface area contributed by atoms with Crippen LogP contribution >= 0.6 is 11.6 Å².